The summed E-state index contributed by atoms with van der Waals surface area (Å²) >= 11 is 0. The molecule has 1 unspecified atom stereocenters. The molecule has 0 amide bonds. The molecule has 1 aromatic rings. The Labute approximate surface area is 116 Å². The maximum Gasteiger partial charge on any atom is 0.122 e. The minimum absolute atomic E-state index is 0.167. The lowest BCUT2D eigenvalue weighted by molar-refractivity contribution is 0.318. The summed E-state index contributed by atoms with van der Waals surface area (Å²) in [5.41, 5.74) is 11.6. The minimum atomic E-state index is 0.167. The highest BCUT2D eigenvalue weighted by Gasteiger charge is 2.28. The van der Waals surface area contributed by atoms with Gasteiger partial charge >= 0.3 is 0 Å². The number of nitrogens with two attached hydrogens (primary N) is 1. The smallest absolute Gasteiger partial charge is 0.122 e. The highest BCUT2D eigenvalue weighted by molar-refractivity contribution is 5.71. The normalized spacial score (nSPS) is 22.0. The molecule has 0 saturated heterocycles. The van der Waals surface area contributed by atoms with E-state index in [9.17, 15) is 0 Å². The van der Waals surface area contributed by atoms with Crippen LogP contribution in [0.4, 0.5) is 0 Å². The fourth-order valence-electron chi connectivity index (χ4n) is 3.14. The first kappa shape index (κ1) is 14.1. The molecule has 0 spiro atoms. The Balaban J connectivity index is 2.45. The first-order chi connectivity index (χ1) is 8.82. The average molecular weight is 259 g/mol. The van der Waals surface area contributed by atoms with Gasteiger partial charge in [-0.1, -0.05) is 19.9 Å². The van der Waals surface area contributed by atoms with Crippen LogP contribution in [0.2, 0.25) is 0 Å². The van der Waals surface area contributed by atoms with Gasteiger partial charge in [-0.05, 0) is 66.5 Å². The first-order valence-corrected chi connectivity index (χ1v) is 6.94. The van der Waals surface area contributed by atoms with Crippen molar-refractivity contribution in [2.75, 3.05) is 7.11 Å². The quantitative estimate of drug-likeness (QED) is 0.875. The largest absolute Gasteiger partial charge is 0.496 e. The van der Waals surface area contributed by atoms with Crippen LogP contribution in [-0.2, 0) is 0 Å². The number of benzene rings is 1. The van der Waals surface area contributed by atoms with E-state index >= 15 is 0 Å². The molecular weight excluding hydrogens is 234 g/mol. The topological polar surface area (TPSA) is 35.2 Å². The number of allylic oxidation sites excluding steroid dienone is 1. The molecule has 0 heterocycles. The van der Waals surface area contributed by atoms with Crippen molar-refractivity contribution in [1.82, 2.24) is 0 Å². The van der Waals surface area contributed by atoms with Crippen molar-refractivity contribution in [3.05, 3.63) is 34.9 Å². The van der Waals surface area contributed by atoms with Crippen LogP contribution in [0.5, 0.6) is 5.75 Å². The highest BCUT2D eigenvalue weighted by Crippen LogP contribution is 2.40. The van der Waals surface area contributed by atoms with Gasteiger partial charge in [0.05, 0.1) is 7.11 Å². The van der Waals surface area contributed by atoms with Crippen molar-refractivity contribution in [3.63, 3.8) is 0 Å². The molecule has 19 heavy (non-hydrogen) atoms. The summed E-state index contributed by atoms with van der Waals surface area (Å²) in [6, 6.07) is 4.52. The van der Waals surface area contributed by atoms with Crippen LogP contribution in [0.3, 0.4) is 0 Å². The van der Waals surface area contributed by atoms with Crippen LogP contribution >= 0.6 is 0 Å². The van der Waals surface area contributed by atoms with Gasteiger partial charge in [0.25, 0.3) is 0 Å². The average Bonchev–Trinajstić information content (AvgIpc) is 2.28. The molecule has 0 aliphatic heterocycles. The molecule has 2 nitrogen and oxygen atoms in total. The van der Waals surface area contributed by atoms with Crippen LogP contribution in [0.25, 0.3) is 5.57 Å². The van der Waals surface area contributed by atoms with Crippen LogP contribution in [0.15, 0.2) is 18.2 Å². The Morgan fingerprint density at radius 3 is 2.47 bits per heavy atom. The number of methoxy groups -OCH3 is 1. The summed E-state index contributed by atoms with van der Waals surface area (Å²) in [5.74, 6) is 0.959. The minimum Gasteiger partial charge on any atom is -0.496 e. The van der Waals surface area contributed by atoms with Crippen LogP contribution in [-0.4, -0.2) is 13.2 Å². The van der Waals surface area contributed by atoms with E-state index in [0.717, 1.165) is 18.6 Å². The predicted molar refractivity (Wildman–Crippen MR) is 81.4 cm³/mol. The predicted octanol–water partition coefficient (Wildman–Crippen LogP) is 3.84. The van der Waals surface area contributed by atoms with E-state index in [2.05, 4.69) is 45.9 Å². The van der Waals surface area contributed by atoms with Crippen molar-refractivity contribution in [3.8, 4) is 5.75 Å². The second kappa shape index (κ2) is 5.01. The lowest BCUT2D eigenvalue weighted by Gasteiger charge is -2.34. The zero-order valence-electron chi connectivity index (χ0n) is 12.7. The molecule has 2 rings (SSSR count). The van der Waals surface area contributed by atoms with Gasteiger partial charge in [0, 0.05) is 6.04 Å². The van der Waals surface area contributed by atoms with Gasteiger partial charge in [-0.2, -0.15) is 0 Å². The molecule has 2 N–H and O–H groups in total. The maximum absolute atomic E-state index is 6.18. The highest BCUT2D eigenvalue weighted by atomic mass is 16.5. The Morgan fingerprint density at radius 1 is 1.21 bits per heavy atom. The van der Waals surface area contributed by atoms with Crippen molar-refractivity contribution in [1.29, 1.82) is 0 Å². The number of ether oxygens (including phenoxy) is 1. The van der Waals surface area contributed by atoms with Gasteiger partial charge in [-0.25, -0.2) is 0 Å². The van der Waals surface area contributed by atoms with E-state index in [0.29, 0.717) is 0 Å². The van der Waals surface area contributed by atoms with E-state index in [-0.39, 0.29) is 11.5 Å². The summed E-state index contributed by atoms with van der Waals surface area (Å²) in [7, 11) is 1.72. The number of hydrogen-bond acceptors (Lipinski definition) is 2. The molecule has 1 aliphatic carbocycles. The third kappa shape index (κ3) is 3.01. The molecule has 0 aromatic heterocycles. The molecule has 0 saturated carbocycles. The lowest BCUT2D eigenvalue weighted by Crippen LogP contribution is -2.30. The Kier molecular flexibility index (Phi) is 3.73. The van der Waals surface area contributed by atoms with Gasteiger partial charge in [-0.15, -0.1) is 0 Å². The molecule has 2 heteroatoms. The Morgan fingerprint density at radius 2 is 1.89 bits per heavy atom. The molecule has 1 atom stereocenters. The van der Waals surface area contributed by atoms with Crippen LogP contribution in [0, 0.1) is 19.3 Å². The number of hydrogen-bond donors (Lipinski definition) is 1. The zero-order valence-corrected chi connectivity index (χ0v) is 12.7. The van der Waals surface area contributed by atoms with Crippen molar-refractivity contribution in [2.45, 2.75) is 46.6 Å². The zero-order chi connectivity index (χ0) is 14.2. The SMILES string of the molecule is COc1cc(C)c(C2=CC(N)CC(C)(C)C2)cc1C. The molecule has 0 radical (unpaired) electrons. The summed E-state index contributed by atoms with van der Waals surface area (Å²) in [6.07, 6.45) is 4.39. The van der Waals surface area contributed by atoms with Crippen molar-refractivity contribution < 1.29 is 4.74 Å². The number of rotatable bonds is 2. The molecule has 1 aliphatic rings. The van der Waals surface area contributed by atoms with Gasteiger partial charge in [0.15, 0.2) is 0 Å². The van der Waals surface area contributed by atoms with E-state index in [4.69, 9.17) is 10.5 Å². The van der Waals surface area contributed by atoms with Gasteiger partial charge in [0.2, 0.25) is 0 Å². The summed E-state index contributed by atoms with van der Waals surface area (Å²) in [4.78, 5) is 0. The summed E-state index contributed by atoms with van der Waals surface area (Å²) in [5, 5.41) is 0. The molecule has 0 fully saturated rings. The second-order valence-corrected chi connectivity index (χ2v) is 6.54. The fraction of sp³-hybridized carbons (Fsp3) is 0.529. The third-order valence-corrected chi connectivity index (χ3v) is 3.96. The monoisotopic (exact) mass is 259 g/mol. The maximum atomic E-state index is 6.18. The third-order valence-electron chi connectivity index (χ3n) is 3.96. The van der Waals surface area contributed by atoms with Crippen molar-refractivity contribution >= 4 is 5.57 Å². The molecule has 0 bridgehead atoms. The molecule has 1 aromatic carbocycles. The van der Waals surface area contributed by atoms with Crippen molar-refractivity contribution in [2.24, 2.45) is 11.1 Å². The molecular formula is C17H25NO. The fourth-order valence-corrected chi connectivity index (χ4v) is 3.14. The van der Waals surface area contributed by atoms with E-state index < -0.39 is 0 Å². The number of aryl methyl sites for hydroxylation is 2. The standard InChI is InChI=1S/C17H25NO/c1-11-7-16(19-5)12(2)6-15(11)13-8-14(18)10-17(3,4)9-13/h6-8,14H,9-10,18H2,1-5H3. The van der Waals surface area contributed by atoms with E-state index in [1.54, 1.807) is 7.11 Å². The van der Waals surface area contributed by atoms with E-state index in [1.807, 2.05) is 0 Å². The summed E-state index contributed by atoms with van der Waals surface area (Å²) in [6.45, 7) is 8.83. The lowest BCUT2D eigenvalue weighted by atomic mass is 9.73. The van der Waals surface area contributed by atoms with Gasteiger partial charge in [-0.3, -0.25) is 0 Å². The van der Waals surface area contributed by atoms with Crippen LogP contribution < -0.4 is 10.5 Å². The molecule has 104 valence electrons. The van der Waals surface area contributed by atoms with Gasteiger partial charge in [0.1, 0.15) is 5.75 Å². The first-order valence-electron chi connectivity index (χ1n) is 6.94. The van der Waals surface area contributed by atoms with E-state index in [1.165, 1.54) is 22.3 Å². The van der Waals surface area contributed by atoms with Gasteiger partial charge < -0.3 is 10.5 Å². The van der Waals surface area contributed by atoms with Crippen LogP contribution in [0.1, 0.15) is 43.4 Å². The Hall–Kier alpha value is -1.28. The Bertz CT molecular complexity index is 514. The second-order valence-electron chi connectivity index (χ2n) is 6.54. The summed E-state index contributed by atoms with van der Waals surface area (Å²) < 4.78 is 5.39.